The molecule has 0 radical (unpaired) electrons. The van der Waals surface area contributed by atoms with Gasteiger partial charge in [-0.15, -0.1) is 24.8 Å². The number of rotatable bonds is 8. The van der Waals surface area contributed by atoms with Crippen molar-refractivity contribution < 1.29 is 17.4 Å². The molecule has 4 aliphatic rings. The molecule has 60 heavy (non-hydrogen) atoms. The van der Waals surface area contributed by atoms with Gasteiger partial charge in [-0.05, 0) is 0 Å². The Kier molecular flexibility index (Phi) is 15.4. The molecule has 0 spiro atoms. The largest absolute Gasteiger partial charge is 0.147 e. The van der Waals surface area contributed by atoms with E-state index in [1.165, 1.54) is 160 Å². The van der Waals surface area contributed by atoms with Crippen molar-refractivity contribution in [2.24, 2.45) is 10.8 Å². The molecule has 8 rings (SSSR count). The zero-order valence-corrected chi connectivity index (χ0v) is 43.6. The summed E-state index contributed by atoms with van der Waals surface area (Å²) >= 11 is -3.97. The van der Waals surface area contributed by atoms with E-state index in [9.17, 15) is 0 Å². The molecule has 0 heterocycles. The van der Waals surface area contributed by atoms with Gasteiger partial charge in [0.2, 0.25) is 0 Å². The third kappa shape index (κ3) is 10.0. The van der Waals surface area contributed by atoms with E-state index >= 15 is 0 Å². The maximum Gasteiger partial charge on any atom is -0.147 e. The molecular formula is C56H76Cl2SiZr. The summed E-state index contributed by atoms with van der Waals surface area (Å²) in [6.45, 7) is 12.4. The minimum atomic E-state index is -3.97. The summed E-state index contributed by atoms with van der Waals surface area (Å²) < 4.78 is 6.91. The smallest absolute Gasteiger partial charge is 0.147 e. The van der Waals surface area contributed by atoms with Crippen molar-refractivity contribution in [3.63, 3.8) is 0 Å². The minimum Gasteiger partial charge on any atom is -0.147 e. The number of fused-ring (bicyclic) bond motifs is 2. The molecular weight excluding hydrogens is 863 g/mol. The number of hydrogen-bond donors (Lipinski definition) is 0. The molecule has 4 aromatic carbocycles. The Hall–Kier alpha value is -1.96. The zero-order valence-electron chi connectivity index (χ0n) is 38.1. The molecule has 4 heteroatoms. The van der Waals surface area contributed by atoms with Crippen LogP contribution in [0.25, 0.3) is 34.4 Å². The Morgan fingerprint density at radius 2 is 0.800 bits per heavy atom. The van der Waals surface area contributed by atoms with Crippen LogP contribution in [0.4, 0.5) is 0 Å². The summed E-state index contributed by atoms with van der Waals surface area (Å²) in [6, 6.07) is 33.6. The van der Waals surface area contributed by atoms with Crippen LogP contribution in [0, 0.1) is 24.7 Å². The van der Waals surface area contributed by atoms with E-state index in [4.69, 9.17) is 0 Å². The van der Waals surface area contributed by atoms with E-state index < -0.39 is 17.4 Å². The molecule has 0 amide bonds. The Bertz CT molecular complexity index is 2060. The van der Waals surface area contributed by atoms with E-state index in [2.05, 4.69) is 141 Å². The predicted octanol–water partition coefficient (Wildman–Crippen LogP) is 17.5. The fourth-order valence-electron chi connectivity index (χ4n) is 12.8. The second kappa shape index (κ2) is 19.4. The average molecular weight is 939 g/mol. The molecule has 2 atom stereocenters. The van der Waals surface area contributed by atoms with Gasteiger partial charge >= 0.3 is 359 Å². The molecule has 4 aliphatic carbocycles. The topological polar surface area (TPSA) is 0 Å². The molecule has 0 bridgehead atoms. The second-order valence-electron chi connectivity index (χ2n) is 21.8. The summed E-state index contributed by atoms with van der Waals surface area (Å²) in [4.78, 5) is 0. The SMILES string of the molecule is Cc1ccc(-c2cccc3c2C=C(CC2(C)CCCCCCCC2)[CH]3[Zr]([CH3])([CH3])(=[SiH2])[CH]2C(CC3(C)CCCCCCCC3)=Cc3c(-c4ccc(C)cc4)cccc32)cc1.Cl.Cl. The summed E-state index contributed by atoms with van der Waals surface area (Å²) in [5.41, 5.74) is 19.0. The molecule has 0 aromatic heterocycles. The molecule has 4 aromatic rings. The van der Waals surface area contributed by atoms with Crippen LogP contribution >= 0.6 is 24.8 Å². The Morgan fingerprint density at radius 3 is 1.13 bits per heavy atom. The van der Waals surface area contributed by atoms with Crippen LogP contribution in [-0.4, -0.2) is 6.88 Å². The van der Waals surface area contributed by atoms with Gasteiger partial charge in [-0.25, -0.2) is 0 Å². The Morgan fingerprint density at radius 1 is 0.483 bits per heavy atom. The van der Waals surface area contributed by atoms with Crippen molar-refractivity contribution in [2.45, 2.75) is 160 Å². The second-order valence-corrected chi connectivity index (χ2v) is 52.3. The van der Waals surface area contributed by atoms with Crippen molar-refractivity contribution >= 4 is 43.8 Å². The first-order chi connectivity index (χ1) is 27.8. The van der Waals surface area contributed by atoms with E-state index in [1.807, 2.05) is 0 Å². The maximum atomic E-state index is 2.93. The van der Waals surface area contributed by atoms with Gasteiger partial charge in [0.05, 0.1) is 0 Å². The van der Waals surface area contributed by atoms with Gasteiger partial charge in [0, 0.05) is 0 Å². The molecule has 0 nitrogen and oxygen atoms in total. The third-order valence-electron chi connectivity index (χ3n) is 15.8. The number of allylic oxidation sites excluding steroid dienone is 2. The quantitative estimate of drug-likeness (QED) is 0.154. The molecule has 0 aliphatic heterocycles. The fraction of sp³-hybridized carbons (Fsp3) is 0.500. The third-order valence-corrected chi connectivity index (χ3v) is 33.3. The van der Waals surface area contributed by atoms with Crippen molar-refractivity contribution in [3.05, 3.63) is 129 Å². The summed E-state index contributed by atoms with van der Waals surface area (Å²) in [6.07, 6.45) is 30.5. The normalized spacial score (nSPS) is 21.8. The molecule has 0 saturated heterocycles. The van der Waals surface area contributed by atoms with Crippen LogP contribution in [0.1, 0.15) is 170 Å². The van der Waals surface area contributed by atoms with Crippen molar-refractivity contribution in [3.8, 4) is 22.3 Å². The Balaban J connectivity index is 0.00000302. The van der Waals surface area contributed by atoms with Gasteiger partial charge < -0.3 is 0 Å². The summed E-state index contributed by atoms with van der Waals surface area (Å²) in [5.74, 6) is 0. The van der Waals surface area contributed by atoms with Crippen LogP contribution < -0.4 is 0 Å². The van der Waals surface area contributed by atoms with Gasteiger partial charge in [-0.1, -0.05) is 0 Å². The molecule has 322 valence electrons. The first-order valence-electron chi connectivity index (χ1n) is 23.7. The van der Waals surface area contributed by atoms with Crippen LogP contribution in [0.3, 0.4) is 0 Å². The monoisotopic (exact) mass is 936 g/mol. The standard InChI is InChI=1S/2C27H33.2CH3.2ClH.H2Si.Zr/c2*1-21-12-14-23(15-13-21)25-11-9-10-24-18-22(19-26(24)25)20-27(2)16-7-5-3-4-6-8-17-27;;;;;;/h2*9-15,18-19H,3-8,16-17,20H2,1-2H3;2*1H3;2*1H;1H2;. The van der Waals surface area contributed by atoms with Crippen molar-refractivity contribution in [1.29, 1.82) is 0 Å². The maximum absolute atomic E-state index is 3.97. The molecule has 2 saturated carbocycles. The van der Waals surface area contributed by atoms with E-state index in [1.54, 1.807) is 22.3 Å². The van der Waals surface area contributed by atoms with Crippen LogP contribution in [-0.2, 0) is 17.4 Å². The fourth-order valence-corrected chi connectivity index (χ4v) is 32.5. The number of benzene rings is 4. The predicted molar refractivity (Wildman–Crippen MR) is 269 cm³/mol. The zero-order chi connectivity index (χ0) is 40.6. The number of halogens is 2. The van der Waals surface area contributed by atoms with Gasteiger partial charge in [-0.3, -0.25) is 0 Å². The molecule has 2 fully saturated rings. The van der Waals surface area contributed by atoms with Gasteiger partial charge in [0.25, 0.3) is 0 Å². The average Bonchev–Trinajstić information content (AvgIpc) is 3.80. The van der Waals surface area contributed by atoms with Gasteiger partial charge in [-0.2, -0.15) is 0 Å². The van der Waals surface area contributed by atoms with Crippen LogP contribution in [0.5, 0.6) is 0 Å². The van der Waals surface area contributed by atoms with Crippen molar-refractivity contribution in [2.75, 3.05) is 0 Å². The van der Waals surface area contributed by atoms with Gasteiger partial charge in [0.15, 0.2) is 0 Å². The van der Waals surface area contributed by atoms with Gasteiger partial charge in [0.1, 0.15) is 0 Å². The van der Waals surface area contributed by atoms with Crippen LogP contribution in [0.2, 0.25) is 9.26 Å². The summed E-state index contributed by atoms with van der Waals surface area (Å²) in [5, 5.41) is 0. The Labute approximate surface area is 380 Å². The van der Waals surface area contributed by atoms with E-state index in [0.717, 1.165) is 0 Å². The van der Waals surface area contributed by atoms with Crippen LogP contribution in [0.15, 0.2) is 96.1 Å². The number of hydrogen-bond acceptors (Lipinski definition) is 0. The van der Waals surface area contributed by atoms with Crippen molar-refractivity contribution in [1.82, 2.24) is 0 Å². The first kappa shape index (κ1) is 47.5. The molecule has 0 N–H and O–H groups in total. The summed E-state index contributed by atoms with van der Waals surface area (Å²) in [7, 11) is 0. The van der Waals surface area contributed by atoms with E-state index in [-0.39, 0.29) is 24.8 Å². The van der Waals surface area contributed by atoms with E-state index in [0.29, 0.717) is 18.1 Å². The number of aryl methyl sites for hydroxylation is 2. The molecule has 2 unspecified atom stereocenters. The first-order valence-corrected chi connectivity index (χ1v) is 37.4. The minimum absolute atomic E-state index is 0.